The molecule has 0 radical (unpaired) electrons. The van der Waals surface area contributed by atoms with Crippen LogP contribution in [0.4, 0.5) is 8.78 Å². The van der Waals surface area contributed by atoms with Crippen molar-refractivity contribution in [3.63, 3.8) is 0 Å². The minimum Gasteiger partial charge on any atom is -0.484 e. The van der Waals surface area contributed by atoms with Crippen molar-refractivity contribution in [2.75, 3.05) is 0 Å². The van der Waals surface area contributed by atoms with Crippen LogP contribution in [0.5, 0.6) is 5.75 Å². The molecular weight excluding hydrogens is 294 g/mol. The van der Waals surface area contributed by atoms with Crippen LogP contribution >= 0.6 is 11.3 Å². The molecule has 0 aliphatic carbocycles. The predicted octanol–water partition coefficient (Wildman–Crippen LogP) is 4.06. The Balaban J connectivity index is 1.70. The van der Waals surface area contributed by atoms with E-state index in [-0.39, 0.29) is 12.4 Å². The standard InChI is InChI=1S/C15H10F2N2OS/c16-10-4-5-14(12(17)7-10)20-8-11-9-21-15(19-11)13-3-1-2-6-18-13/h1-7,9H,8H2. The Morgan fingerprint density at radius 1 is 1.14 bits per heavy atom. The number of thiazole rings is 1. The van der Waals surface area contributed by atoms with Crippen LogP contribution in [-0.4, -0.2) is 9.97 Å². The highest BCUT2D eigenvalue weighted by Gasteiger charge is 2.08. The number of nitrogens with zero attached hydrogens (tertiary/aromatic N) is 2. The Hall–Kier alpha value is -2.34. The molecule has 0 aliphatic heterocycles. The van der Waals surface area contributed by atoms with Crippen molar-refractivity contribution in [1.82, 2.24) is 9.97 Å². The van der Waals surface area contributed by atoms with Crippen molar-refractivity contribution in [2.45, 2.75) is 6.61 Å². The summed E-state index contributed by atoms with van der Waals surface area (Å²) in [5, 5.41) is 2.60. The Morgan fingerprint density at radius 3 is 2.81 bits per heavy atom. The summed E-state index contributed by atoms with van der Waals surface area (Å²) in [4.78, 5) is 8.59. The van der Waals surface area contributed by atoms with Crippen LogP contribution in [0.2, 0.25) is 0 Å². The molecular formula is C15H10F2N2OS. The maximum atomic E-state index is 13.4. The first kappa shape index (κ1) is 13.6. The van der Waals surface area contributed by atoms with Gasteiger partial charge in [-0.05, 0) is 24.3 Å². The van der Waals surface area contributed by atoms with Gasteiger partial charge in [0.05, 0.1) is 11.4 Å². The zero-order valence-electron chi connectivity index (χ0n) is 10.8. The van der Waals surface area contributed by atoms with E-state index in [1.807, 2.05) is 23.6 Å². The fraction of sp³-hybridized carbons (Fsp3) is 0.0667. The van der Waals surface area contributed by atoms with Gasteiger partial charge in [0.15, 0.2) is 11.6 Å². The van der Waals surface area contributed by atoms with E-state index in [2.05, 4.69) is 9.97 Å². The third kappa shape index (κ3) is 3.22. The zero-order chi connectivity index (χ0) is 14.7. The highest BCUT2D eigenvalue weighted by atomic mass is 32.1. The highest BCUT2D eigenvalue weighted by molar-refractivity contribution is 7.13. The molecule has 0 atom stereocenters. The van der Waals surface area contributed by atoms with Crippen molar-refractivity contribution < 1.29 is 13.5 Å². The fourth-order valence-corrected chi connectivity index (χ4v) is 2.50. The van der Waals surface area contributed by atoms with Gasteiger partial charge in [0.1, 0.15) is 17.4 Å². The van der Waals surface area contributed by atoms with Crippen LogP contribution in [0.1, 0.15) is 5.69 Å². The molecule has 2 aromatic heterocycles. The largest absolute Gasteiger partial charge is 0.484 e. The lowest BCUT2D eigenvalue weighted by atomic mass is 10.3. The molecule has 0 fully saturated rings. The molecule has 6 heteroatoms. The molecule has 106 valence electrons. The van der Waals surface area contributed by atoms with Gasteiger partial charge in [0.25, 0.3) is 0 Å². The molecule has 0 spiro atoms. The van der Waals surface area contributed by atoms with E-state index in [0.29, 0.717) is 5.69 Å². The van der Waals surface area contributed by atoms with E-state index in [1.165, 1.54) is 17.4 Å². The minimum absolute atomic E-state index is 0.00351. The number of benzene rings is 1. The average molecular weight is 304 g/mol. The third-order valence-electron chi connectivity index (χ3n) is 2.71. The molecule has 0 aliphatic rings. The smallest absolute Gasteiger partial charge is 0.167 e. The van der Waals surface area contributed by atoms with Gasteiger partial charge in [0.2, 0.25) is 0 Å². The van der Waals surface area contributed by atoms with Gasteiger partial charge in [0, 0.05) is 17.6 Å². The molecule has 3 nitrogen and oxygen atoms in total. The number of halogens is 2. The second-order valence-electron chi connectivity index (χ2n) is 4.22. The monoisotopic (exact) mass is 304 g/mol. The van der Waals surface area contributed by atoms with Crippen molar-refractivity contribution in [2.24, 2.45) is 0 Å². The Bertz CT molecular complexity index is 746. The van der Waals surface area contributed by atoms with Crippen molar-refractivity contribution >= 4 is 11.3 Å². The summed E-state index contributed by atoms with van der Waals surface area (Å²) in [6.07, 6.45) is 1.70. The van der Waals surface area contributed by atoms with E-state index < -0.39 is 11.6 Å². The van der Waals surface area contributed by atoms with Gasteiger partial charge in [-0.2, -0.15) is 0 Å². The molecule has 21 heavy (non-hydrogen) atoms. The van der Waals surface area contributed by atoms with E-state index in [1.54, 1.807) is 6.20 Å². The molecule has 0 amide bonds. The fourth-order valence-electron chi connectivity index (χ4n) is 1.72. The molecule has 1 aromatic carbocycles. The summed E-state index contributed by atoms with van der Waals surface area (Å²) in [7, 11) is 0. The molecule has 3 aromatic rings. The van der Waals surface area contributed by atoms with Crippen LogP contribution in [0.3, 0.4) is 0 Å². The quantitative estimate of drug-likeness (QED) is 0.729. The Kier molecular flexibility index (Phi) is 3.87. The van der Waals surface area contributed by atoms with Crippen LogP contribution < -0.4 is 4.74 Å². The second-order valence-corrected chi connectivity index (χ2v) is 5.08. The maximum absolute atomic E-state index is 13.4. The van der Waals surface area contributed by atoms with E-state index in [4.69, 9.17) is 4.74 Å². The number of ether oxygens (including phenoxy) is 1. The summed E-state index contributed by atoms with van der Waals surface area (Å²) in [5.74, 6) is -1.36. The van der Waals surface area contributed by atoms with Crippen molar-refractivity contribution in [3.8, 4) is 16.5 Å². The number of aromatic nitrogens is 2. The summed E-state index contributed by atoms with van der Waals surface area (Å²) in [6.45, 7) is 0.117. The van der Waals surface area contributed by atoms with Gasteiger partial charge in [-0.1, -0.05) is 6.07 Å². The molecule has 2 heterocycles. The first-order valence-electron chi connectivity index (χ1n) is 6.16. The summed E-state index contributed by atoms with van der Waals surface area (Å²) < 4.78 is 31.5. The normalized spacial score (nSPS) is 10.6. The number of hydrogen-bond acceptors (Lipinski definition) is 4. The topological polar surface area (TPSA) is 35.0 Å². The molecule has 0 saturated heterocycles. The van der Waals surface area contributed by atoms with Gasteiger partial charge in [-0.15, -0.1) is 11.3 Å². The number of hydrogen-bond donors (Lipinski definition) is 0. The van der Waals surface area contributed by atoms with E-state index in [0.717, 1.165) is 22.8 Å². The lowest BCUT2D eigenvalue weighted by Crippen LogP contribution is -1.98. The van der Waals surface area contributed by atoms with Gasteiger partial charge >= 0.3 is 0 Å². The van der Waals surface area contributed by atoms with Crippen LogP contribution in [0.15, 0.2) is 48.0 Å². The zero-order valence-corrected chi connectivity index (χ0v) is 11.6. The highest BCUT2D eigenvalue weighted by Crippen LogP contribution is 2.23. The Labute approximate surface area is 123 Å². The molecule has 0 unspecified atom stereocenters. The van der Waals surface area contributed by atoms with Gasteiger partial charge < -0.3 is 4.74 Å². The summed E-state index contributed by atoms with van der Waals surface area (Å²) >= 11 is 1.44. The third-order valence-corrected chi connectivity index (χ3v) is 3.62. The minimum atomic E-state index is -0.727. The summed E-state index contributed by atoms with van der Waals surface area (Å²) in [6, 6.07) is 8.78. The first-order valence-corrected chi connectivity index (χ1v) is 7.04. The predicted molar refractivity (Wildman–Crippen MR) is 76.0 cm³/mol. The van der Waals surface area contributed by atoms with Gasteiger partial charge in [-0.3, -0.25) is 4.98 Å². The molecule has 0 bridgehead atoms. The summed E-state index contributed by atoms with van der Waals surface area (Å²) in [5.41, 5.74) is 1.45. The Morgan fingerprint density at radius 2 is 2.05 bits per heavy atom. The molecule has 0 saturated carbocycles. The number of rotatable bonds is 4. The molecule has 0 N–H and O–H groups in total. The lowest BCUT2D eigenvalue weighted by molar-refractivity contribution is 0.286. The number of pyridine rings is 1. The van der Waals surface area contributed by atoms with Crippen LogP contribution in [-0.2, 0) is 6.61 Å². The molecule has 3 rings (SSSR count). The van der Waals surface area contributed by atoms with E-state index >= 15 is 0 Å². The van der Waals surface area contributed by atoms with E-state index in [9.17, 15) is 8.78 Å². The van der Waals surface area contributed by atoms with Gasteiger partial charge in [-0.25, -0.2) is 13.8 Å². The van der Waals surface area contributed by atoms with Crippen molar-refractivity contribution in [3.05, 3.63) is 65.3 Å². The average Bonchev–Trinajstić information content (AvgIpc) is 2.96. The lowest BCUT2D eigenvalue weighted by Gasteiger charge is -2.05. The SMILES string of the molecule is Fc1ccc(OCc2csc(-c3ccccn3)n2)c(F)c1. The maximum Gasteiger partial charge on any atom is 0.167 e. The van der Waals surface area contributed by atoms with Crippen LogP contribution in [0.25, 0.3) is 10.7 Å². The van der Waals surface area contributed by atoms with Crippen molar-refractivity contribution in [1.29, 1.82) is 0 Å². The first-order chi connectivity index (χ1) is 10.2. The second kappa shape index (κ2) is 5.97. The van der Waals surface area contributed by atoms with Crippen LogP contribution in [0, 0.1) is 11.6 Å².